The second-order valence-corrected chi connectivity index (χ2v) is 14.7. The molecule has 0 aromatic carbocycles. The lowest BCUT2D eigenvalue weighted by Gasteiger charge is -2.49. The molecule has 3 rings (SSSR count). The van der Waals surface area contributed by atoms with Crippen molar-refractivity contribution in [3.8, 4) is 0 Å². The topological polar surface area (TPSA) is 221 Å². The summed E-state index contributed by atoms with van der Waals surface area (Å²) in [5.41, 5.74) is 0. The van der Waals surface area contributed by atoms with Gasteiger partial charge in [0.15, 0.2) is 43.3 Å². The zero-order valence-corrected chi connectivity index (χ0v) is 33.5. The molecule has 17 nitrogen and oxygen atoms in total. The first-order valence-electron chi connectivity index (χ1n) is 19.7. The Morgan fingerprint density at radius 2 is 0.855 bits per heavy atom. The van der Waals surface area contributed by atoms with Crippen molar-refractivity contribution in [2.24, 2.45) is 0 Å². The molecule has 3 aliphatic heterocycles. The molecule has 3 fully saturated rings. The Hall–Kier alpha value is -2.48. The Morgan fingerprint density at radius 1 is 0.455 bits per heavy atom. The van der Waals surface area contributed by atoms with Crippen LogP contribution in [0.25, 0.3) is 0 Å². The fourth-order valence-corrected chi connectivity index (χ4v) is 7.12. The molecular weight excluding hydrogens is 728 g/mol. The second-order valence-electron chi connectivity index (χ2n) is 14.7. The Morgan fingerprint density at radius 3 is 1.38 bits per heavy atom. The summed E-state index contributed by atoms with van der Waals surface area (Å²) in [5.74, 6) is -3.06. The van der Waals surface area contributed by atoms with Crippen LogP contribution in [0.15, 0.2) is 0 Å². The molecule has 55 heavy (non-hydrogen) atoms. The largest absolute Gasteiger partial charge is 0.457 e. The number of esters is 4. The van der Waals surface area contributed by atoms with E-state index in [2.05, 4.69) is 6.92 Å². The highest BCUT2D eigenvalue weighted by Crippen LogP contribution is 2.35. The van der Waals surface area contributed by atoms with Gasteiger partial charge in [-0.1, -0.05) is 64.7 Å². The summed E-state index contributed by atoms with van der Waals surface area (Å²) >= 11 is 0. The Balaban J connectivity index is 1.69. The van der Waals surface area contributed by atoms with Gasteiger partial charge >= 0.3 is 23.9 Å². The van der Waals surface area contributed by atoms with Gasteiger partial charge in [0.2, 0.25) is 0 Å². The number of aliphatic hydroxyl groups excluding tert-OH is 3. The number of ether oxygens (including phenoxy) is 10. The molecule has 0 bridgehead atoms. The molecule has 3 heterocycles. The van der Waals surface area contributed by atoms with E-state index in [1.54, 1.807) is 6.92 Å². The van der Waals surface area contributed by atoms with Crippen molar-refractivity contribution in [2.45, 2.75) is 212 Å². The highest BCUT2D eigenvalue weighted by molar-refractivity contribution is 5.68. The number of carbonyl (C=O) groups excluding carboxylic acids is 4. The van der Waals surface area contributed by atoms with Crippen molar-refractivity contribution >= 4 is 23.9 Å². The minimum absolute atomic E-state index is 0.331. The summed E-state index contributed by atoms with van der Waals surface area (Å²) in [5, 5.41) is 33.8. The van der Waals surface area contributed by atoms with Gasteiger partial charge in [-0.05, 0) is 27.2 Å². The number of hydrogen-bond donors (Lipinski definition) is 3. The lowest BCUT2D eigenvalue weighted by molar-refractivity contribution is -0.374. The maximum Gasteiger partial charge on any atom is 0.303 e. The first-order valence-corrected chi connectivity index (χ1v) is 19.7. The van der Waals surface area contributed by atoms with Crippen molar-refractivity contribution in [3.05, 3.63) is 0 Å². The maximum absolute atomic E-state index is 12.3. The monoisotopic (exact) mass is 792 g/mol. The van der Waals surface area contributed by atoms with E-state index in [-0.39, 0.29) is 0 Å². The van der Waals surface area contributed by atoms with E-state index < -0.39 is 116 Å². The summed E-state index contributed by atoms with van der Waals surface area (Å²) in [6.45, 7) is 11.7. The molecule has 0 unspecified atom stereocenters. The Labute approximate surface area is 323 Å². The highest BCUT2D eigenvalue weighted by atomic mass is 16.8. The van der Waals surface area contributed by atoms with Crippen LogP contribution >= 0.6 is 0 Å². The molecule has 3 N–H and O–H groups in total. The number of aliphatic hydroxyl groups is 3. The van der Waals surface area contributed by atoms with Crippen LogP contribution in [-0.4, -0.2) is 138 Å². The molecule has 318 valence electrons. The van der Waals surface area contributed by atoms with Gasteiger partial charge in [0, 0.05) is 34.3 Å². The van der Waals surface area contributed by atoms with E-state index in [0.29, 0.717) is 6.61 Å². The van der Waals surface area contributed by atoms with Crippen LogP contribution < -0.4 is 0 Å². The number of hydrogen-bond acceptors (Lipinski definition) is 17. The van der Waals surface area contributed by atoms with Gasteiger partial charge in [-0.25, -0.2) is 0 Å². The predicted molar refractivity (Wildman–Crippen MR) is 191 cm³/mol. The SMILES string of the molecule is CCCCCCCCCCCCO[C@@H]1O[C@@H](C)[C@H](O[C@@H]2O[C@@H](C)[C@H](OC(C)=O)[C@@H](O[C@@H]3O[C@@H](C)[C@H](OC(C)=O)[C@@H](OC(C)=O)[C@H]3OC(C)=O)[C@H]2O)[C@@H](O)[C@H]1O. The molecule has 0 spiro atoms. The highest BCUT2D eigenvalue weighted by Gasteiger charge is 2.56. The molecule has 0 amide bonds. The summed E-state index contributed by atoms with van der Waals surface area (Å²) in [4.78, 5) is 48.5. The summed E-state index contributed by atoms with van der Waals surface area (Å²) in [6, 6.07) is 0. The van der Waals surface area contributed by atoms with E-state index in [0.717, 1.165) is 53.4 Å². The minimum atomic E-state index is -1.75. The lowest BCUT2D eigenvalue weighted by atomic mass is 9.96. The van der Waals surface area contributed by atoms with Crippen LogP contribution in [0.3, 0.4) is 0 Å². The van der Waals surface area contributed by atoms with Crippen LogP contribution in [0, 0.1) is 0 Å². The summed E-state index contributed by atoms with van der Waals surface area (Å²) in [6.07, 6.45) is -8.39. The van der Waals surface area contributed by atoms with Crippen molar-refractivity contribution in [3.63, 3.8) is 0 Å². The molecule has 0 aromatic rings. The molecule has 0 aliphatic carbocycles. The molecule has 0 aromatic heterocycles. The number of unbranched alkanes of at least 4 members (excludes halogenated alkanes) is 9. The van der Waals surface area contributed by atoms with Crippen molar-refractivity contribution in [2.75, 3.05) is 6.61 Å². The van der Waals surface area contributed by atoms with Gasteiger partial charge in [0.05, 0.1) is 18.3 Å². The Bertz CT molecular complexity index is 1200. The van der Waals surface area contributed by atoms with E-state index in [9.17, 15) is 34.5 Å². The first-order chi connectivity index (χ1) is 26.0. The van der Waals surface area contributed by atoms with Crippen LogP contribution in [0.1, 0.15) is 120 Å². The van der Waals surface area contributed by atoms with E-state index >= 15 is 0 Å². The quantitative estimate of drug-likeness (QED) is 0.0916. The van der Waals surface area contributed by atoms with Crippen molar-refractivity contribution < 1.29 is 81.9 Å². The van der Waals surface area contributed by atoms with Gasteiger partial charge in [0.25, 0.3) is 0 Å². The first kappa shape index (κ1) is 46.9. The van der Waals surface area contributed by atoms with E-state index in [4.69, 9.17) is 47.4 Å². The van der Waals surface area contributed by atoms with Gasteiger partial charge in [0.1, 0.15) is 30.5 Å². The molecule has 0 saturated carbocycles. The van der Waals surface area contributed by atoms with Crippen LogP contribution in [-0.2, 0) is 66.5 Å². The average molecular weight is 793 g/mol. The third-order valence-corrected chi connectivity index (χ3v) is 9.83. The maximum atomic E-state index is 12.3. The standard InChI is InChI=1S/C38H64O17/c1-9-10-11-12-13-14-15-16-17-18-19-46-36-28(44)27(43)30(20(2)47-36)54-37-29(45)33(31(21(3)48-37)50-23(5)39)55-38-35(53-26(8)42)34(52-25(7)41)32(22(4)49-38)51-24(6)40/h20-22,27-38,43-45H,9-19H2,1-8H3/t20-,21-,22-,27-,28+,29+,30-,31-,32-,33-,34+,35+,36+,37-,38-/m0/s1. The molecular formula is C38H64O17. The zero-order chi connectivity index (χ0) is 40.8. The van der Waals surface area contributed by atoms with Gasteiger partial charge < -0.3 is 62.7 Å². The van der Waals surface area contributed by atoms with Gasteiger partial charge in [-0.3, -0.25) is 19.2 Å². The van der Waals surface area contributed by atoms with Gasteiger partial charge in [-0.2, -0.15) is 0 Å². The molecule has 0 radical (unpaired) electrons. The van der Waals surface area contributed by atoms with Crippen LogP contribution in [0.2, 0.25) is 0 Å². The van der Waals surface area contributed by atoms with Crippen LogP contribution in [0.4, 0.5) is 0 Å². The van der Waals surface area contributed by atoms with Gasteiger partial charge in [-0.15, -0.1) is 0 Å². The average Bonchev–Trinajstić information content (AvgIpc) is 3.10. The van der Waals surface area contributed by atoms with Crippen molar-refractivity contribution in [1.29, 1.82) is 0 Å². The smallest absolute Gasteiger partial charge is 0.303 e. The normalized spacial score (nSPS) is 36.5. The molecule has 3 saturated heterocycles. The minimum Gasteiger partial charge on any atom is -0.457 e. The zero-order valence-electron chi connectivity index (χ0n) is 33.5. The van der Waals surface area contributed by atoms with Crippen LogP contribution in [0.5, 0.6) is 0 Å². The fraction of sp³-hybridized carbons (Fsp3) is 0.895. The lowest BCUT2D eigenvalue weighted by Crippen LogP contribution is -2.66. The number of rotatable bonds is 20. The third kappa shape index (κ3) is 14.1. The van der Waals surface area contributed by atoms with E-state index in [1.165, 1.54) is 52.4 Å². The number of carbonyl (C=O) groups is 4. The Kier molecular flexibility index (Phi) is 19.7. The third-order valence-electron chi connectivity index (χ3n) is 9.83. The summed E-state index contributed by atoms with van der Waals surface area (Å²) < 4.78 is 57.6. The molecule has 17 heteroatoms. The molecule has 15 atom stereocenters. The fourth-order valence-electron chi connectivity index (χ4n) is 7.12. The predicted octanol–water partition coefficient (Wildman–Crippen LogP) is 2.74. The molecule has 3 aliphatic rings. The van der Waals surface area contributed by atoms with Crippen molar-refractivity contribution in [1.82, 2.24) is 0 Å². The summed E-state index contributed by atoms with van der Waals surface area (Å²) in [7, 11) is 0. The second kappa shape index (κ2) is 23.1. The van der Waals surface area contributed by atoms with E-state index in [1.807, 2.05) is 0 Å².